The van der Waals surface area contributed by atoms with Crippen LogP contribution in [0.5, 0.6) is 0 Å². The molecule has 1 atom stereocenters. The summed E-state index contributed by atoms with van der Waals surface area (Å²) in [6, 6.07) is -0.163. The molecule has 1 N–H and O–H groups in total. The number of rotatable bonds is 6. The van der Waals surface area contributed by atoms with Crippen LogP contribution < -0.4 is 5.32 Å². The van der Waals surface area contributed by atoms with Gasteiger partial charge in [0.05, 0.1) is 18.6 Å². The lowest BCUT2D eigenvalue weighted by atomic mass is 9.68. The Morgan fingerprint density at radius 2 is 1.96 bits per heavy atom. The van der Waals surface area contributed by atoms with Crippen LogP contribution in [0.15, 0.2) is 0 Å². The molecule has 1 spiro atoms. The number of morpholine rings is 1. The minimum absolute atomic E-state index is 0.0483. The number of nitrogens with zero attached hydrogens (tertiary/aromatic N) is 2. The van der Waals surface area contributed by atoms with Gasteiger partial charge < -0.3 is 15.0 Å². The van der Waals surface area contributed by atoms with Gasteiger partial charge in [-0.3, -0.25) is 14.5 Å². The molecule has 2 amide bonds. The van der Waals surface area contributed by atoms with Crippen molar-refractivity contribution in [3.8, 4) is 0 Å². The summed E-state index contributed by atoms with van der Waals surface area (Å²) < 4.78 is 5.35. The lowest BCUT2D eigenvalue weighted by molar-refractivity contribution is -0.181. The number of carbonyl (C=O) groups excluding carboxylic acids is 2. The molecular weight excluding hydrogens is 306 g/mol. The Balaban J connectivity index is 1.49. The van der Waals surface area contributed by atoms with Crippen molar-refractivity contribution in [2.75, 3.05) is 39.4 Å². The maximum absolute atomic E-state index is 12.8. The minimum atomic E-state index is -0.390. The van der Waals surface area contributed by atoms with Gasteiger partial charge in [0, 0.05) is 25.7 Å². The molecule has 0 aromatic carbocycles. The fourth-order valence-electron chi connectivity index (χ4n) is 4.53. The standard InChI is InChI=1S/C18H31N3O3/c1-14(2)21-15(18(17(21)23)6-3-4-7-18)16(22)19-8-5-9-20-10-12-24-13-11-20/h14-15H,3-13H2,1-2H3,(H,19,22). The summed E-state index contributed by atoms with van der Waals surface area (Å²) in [5.74, 6) is 0.246. The van der Waals surface area contributed by atoms with Crippen molar-refractivity contribution < 1.29 is 14.3 Å². The number of hydrogen-bond acceptors (Lipinski definition) is 4. The van der Waals surface area contributed by atoms with Crippen molar-refractivity contribution in [3.05, 3.63) is 0 Å². The Labute approximate surface area is 144 Å². The highest BCUT2D eigenvalue weighted by Crippen LogP contribution is 2.52. The van der Waals surface area contributed by atoms with Gasteiger partial charge in [-0.25, -0.2) is 0 Å². The van der Waals surface area contributed by atoms with Crippen LogP contribution in [0.25, 0.3) is 0 Å². The van der Waals surface area contributed by atoms with E-state index in [1.165, 1.54) is 0 Å². The molecule has 6 nitrogen and oxygen atoms in total. The molecule has 2 aliphatic heterocycles. The normalized spacial score (nSPS) is 26.9. The van der Waals surface area contributed by atoms with E-state index in [0.29, 0.717) is 6.54 Å². The van der Waals surface area contributed by atoms with Crippen LogP contribution in [0.1, 0.15) is 46.0 Å². The van der Waals surface area contributed by atoms with Crippen molar-refractivity contribution in [2.45, 2.75) is 58.0 Å². The molecule has 24 heavy (non-hydrogen) atoms. The van der Waals surface area contributed by atoms with Crippen LogP contribution in [0, 0.1) is 5.41 Å². The van der Waals surface area contributed by atoms with Crippen LogP contribution >= 0.6 is 0 Å². The fourth-order valence-corrected chi connectivity index (χ4v) is 4.53. The summed E-state index contributed by atoms with van der Waals surface area (Å²) in [4.78, 5) is 29.5. The van der Waals surface area contributed by atoms with E-state index >= 15 is 0 Å². The maximum atomic E-state index is 12.8. The number of likely N-dealkylation sites (tertiary alicyclic amines) is 1. The van der Waals surface area contributed by atoms with Crippen molar-refractivity contribution in [3.63, 3.8) is 0 Å². The van der Waals surface area contributed by atoms with Crippen LogP contribution in [0.3, 0.4) is 0 Å². The van der Waals surface area contributed by atoms with E-state index in [1.54, 1.807) is 4.90 Å². The second-order valence-corrected chi connectivity index (χ2v) is 7.67. The lowest BCUT2D eigenvalue weighted by Gasteiger charge is -2.55. The topological polar surface area (TPSA) is 61.9 Å². The predicted molar refractivity (Wildman–Crippen MR) is 91.6 cm³/mol. The molecule has 136 valence electrons. The number of hydrogen-bond donors (Lipinski definition) is 1. The maximum Gasteiger partial charge on any atom is 0.243 e. The summed E-state index contributed by atoms with van der Waals surface area (Å²) in [5, 5.41) is 3.09. The van der Waals surface area contributed by atoms with E-state index in [-0.39, 0.29) is 23.9 Å². The van der Waals surface area contributed by atoms with E-state index in [0.717, 1.165) is 65.0 Å². The molecule has 0 radical (unpaired) electrons. The molecule has 1 saturated carbocycles. The monoisotopic (exact) mass is 337 g/mol. The van der Waals surface area contributed by atoms with E-state index in [4.69, 9.17) is 4.74 Å². The molecule has 0 aromatic heterocycles. The van der Waals surface area contributed by atoms with Gasteiger partial charge in [-0.2, -0.15) is 0 Å². The molecule has 6 heteroatoms. The summed E-state index contributed by atoms with van der Waals surface area (Å²) in [6.07, 6.45) is 4.83. The average molecular weight is 337 g/mol. The quantitative estimate of drug-likeness (QED) is 0.580. The third kappa shape index (κ3) is 3.18. The van der Waals surface area contributed by atoms with E-state index < -0.39 is 5.41 Å². The first-order valence-corrected chi connectivity index (χ1v) is 9.47. The zero-order chi connectivity index (χ0) is 17.2. The minimum Gasteiger partial charge on any atom is -0.379 e. The van der Waals surface area contributed by atoms with Crippen molar-refractivity contribution in [2.24, 2.45) is 5.41 Å². The number of carbonyl (C=O) groups is 2. The molecule has 0 bridgehead atoms. The average Bonchev–Trinajstić information content (AvgIpc) is 3.08. The van der Waals surface area contributed by atoms with Crippen molar-refractivity contribution >= 4 is 11.8 Å². The summed E-state index contributed by atoms with van der Waals surface area (Å²) in [6.45, 7) is 9.25. The van der Waals surface area contributed by atoms with Gasteiger partial charge in [0.15, 0.2) is 0 Å². The van der Waals surface area contributed by atoms with Crippen LogP contribution in [-0.2, 0) is 14.3 Å². The molecule has 3 fully saturated rings. The fraction of sp³-hybridized carbons (Fsp3) is 0.889. The van der Waals surface area contributed by atoms with Gasteiger partial charge in [0.1, 0.15) is 6.04 Å². The number of β-lactam (4-membered cyclic amide) rings is 1. The molecular formula is C18H31N3O3. The Kier molecular flexibility index (Phi) is 5.45. The largest absolute Gasteiger partial charge is 0.379 e. The highest BCUT2D eigenvalue weighted by atomic mass is 16.5. The van der Waals surface area contributed by atoms with Gasteiger partial charge in [-0.1, -0.05) is 12.8 Å². The van der Waals surface area contributed by atoms with Crippen LogP contribution in [0.4, 0.5) is 0 Å². The van der Waals surface area contributed by atoms with Gasteiger partial charge in [0.25, 0.3) is 0 Å². The summed E-state index contributed by atoms with van der Waals surface area (Å²) in [5.41, 5.74) is -0.390. The third-order valence-electron chi connectivity index (χ3n) is 5.82. The zero-order valence-electron chi connectivity index (χ0n) is 15.1. The Bertz CT molecular complexity index is 468. The predicted octanol–water partition coefficient (Wildman–Crippen LogP) is 1.00. The second kappa shape index (κ2) is 7.40. The Morgan fingerprint density at radius 3 is 2.58 bits per heavy atom. The number of amides is 2. The van der Waals surface area contributed by atoms with Crippen LogP contribution in [0.2, 0.25) is 0 Å². The number of ether oxygens (including phenoxy) is 1. The van der Waals surface area contributed by atoms with Crippen molar-refractivity contribution in [1.82, 2.24) is 15.1 Å². The van der Waals surface area contributed by atoms with E-state index in [9.17, 15) is 9.59 Å². The molecule has 2 saturated heterocycles. The molecule has 2 heterocycles. The van der Waals surface area contributed by atoms with Gasteiger partial charge in [-0.15, -0.1) is 0 Å². The SMILES string of the molecule is CC(C)N1C(=O)C2(CCCC2)C1C(=O)NCCCN1CCOCC1. The second-order valence-electron chi connectivity index (χ2n) is 7.67. The van der Waals surface area contributed by atoms with E-state index in [2.05, 4.69) is 10.2 Å². The summed E-state index contributed by atoms with van der Waals surface area (Å²) >= 11 is 0. The smallest absolute Gasteiger partial charge is 0.243 e. The summed E-state index contributed by atoms with van der Waals surface area (Å²) in [7, 11) is 0. The highest BCUT2D eigenvalue weighted by Gasteiger charge is 2.64. The molecule has 0 aromatic rings. The molecule has 1 aliphatic carbocycles. The third-order valence-corrected chi connectivity index (χ3v) is 5.82. The first-order valence-electron chi connectivity index (χ1n) is 9.47. The van der Waals surface area contributed by atoms with Gasteiger partial charge in [0.2, 0.25) is 11.8 Å². The van der Waals surface area contributed by atoms with Gasteiger partial charge in [-0.05, 0) is 39.7 Å². The highest BCUT2D eigenvalue weighted by molar-refractivity contribution is 6.02. The molecule has 1 unspecified atom stereocenters. The zero-order valence-corrected chi connectivity index (χ0v) is 15.1. The molecule has 3 aliphatic rings. The first kappa shape index (κ1) is 17.7. The number of nitrogens with one attached hydrogen (secondary N) is 1. The lowest BCUT2D eigenvalue weighted by Crippen LogP contribution is -2.74. The van der Waals surface area contributed by atoms with E-state index in [1.807, 2.05) is 13.8 Å². The Morgan fingerprint density at radius 1 is 1.29 bits per heavy atom. The van der Waals surface area contributed by atoms with Crippen molar-refractivity contribution in [1.29, 1.82) is 0 Å². The molecule has 3 rings (SSSR count). The Hall–Kier alpha value is -1.14. The van der Waals surface area contributed by atoms with Crippen LogP contribution in [-0.4, -0.2) is 73.1 Å². The first-order chi connectivity index (χ1) is 11.6. The van der Waals surface area contributed by atoms with Gasteiger partial charge >= 0.3 is 0 Å².